The lowest BCUT2D eigenvalue weighted by Gasteiger charge is -2.17. The highest BCUT2D eigenvalue weighted by atomic mass is 32.1. The summed E-state index contributed by atoms with van der Waals surface area (Å²) in [7, 11) is 1.30. The number of ether oxygens (including phenoxy) is 3. The Morgan fingerprint density at radius 2 is 1.81 bits per heavy atom. The van der Waals surface area contributed by atoms with E-state index in [0.717, 1.165) is 0 Å². The van der Waals surface area contributed by atoms with E-state index in [4.69, 9.17) is 9.47 Å². The van der Waals surface area contributed by atoms with Gasteiger partial charge in [-0.2, -0.15) is 0 Å². The van der Waals surface area contributed by atoms with Gasteiger partial charge in [0, 0.05) is 0 Å². The molecule has 2 amide bonds. The van der Waals surface area contributed by atoms with Crippen molar-refractivity contribution in [3.8, 4) is 11.5 Å². The zero-order valence-electron chi connectivity index (χ0n) is 14.6. The van der Waals surface area contributed by atoms with Crippen LogP contribution in [0.15, 0.2) is 22.9 Å². The van der Waals surface area contributed by atoms with Gasteiger partial charge in [-0.25, -0.2) is 0 Å². The third-order valence-corrected chi connectivity index (χ3v) is 5.54. The van der Waals surface area contributed by atoms with Gasteiger partial charge in [-0.05, 0) is 22.9 Å². The minimum absolute atomic E-state index is 0.0208. The van der Waals surface area contributed by atoms with Crippen LogP contribution in [0.5, 0.6) is 11.5 Å². The molecule has 0 radical (unpaired) electrons. The molecule has 0 fully saturated rings. The standard InChI is InChI=1S/C10H11NO4S.C7H7NO2S/c1-14-8(12)6-11-3-4-15-7-2-5-16-9(7)10(11)13;9-7-6-5(1-4-11-6)10-3-2-8-7/h2,5H,3-4,6H2,1H3;1,4H,2-3H2,(H,8,9). The Hall–Kier alpha value is -2.59. The summed E-state index contributed by atoms with van der Waals surface area (Å²) >= 11 is 2.73. The number of rotatable bonds is 2. The van der Waals surface area contributed by atoms with Gasteiger partial charge >= 0.3 is 5.97 Å². The zero-order chi connectivity index (χ0) is 19.2. The molecule has 0 spiro atoms. The summed E-state index contributed by atoms with van der Waals surface area (Å²) in [6, 6.07) is 3.59. The summed E-state index contributed by atoms with van der Waals surface area (Å²) in [4.78, 5) is 37.0. The first kappa shape index (κ1) is 19.2. The first-order valence-electron chi connectivity index (χ1n) is 8.15. The van der Waals surface area contributed by atoms with Gasteiger partial charge in [0.05, 0.1) is 20.2 Å². The highest BCUT2D eigenvalue weighted by Gasteiger charge is 2.26. The number of fused-ring (bicyclic) bond motifs is 2. The number of esters is 1. The van der Waals surface area contributed by atoms with E-state index in [1.165, 1.54) is 34.7 Å². The Balaban J connectivity index is 0.000000166. The van der Waals surface area contributed by atoms with Gasteiger partial charge < -0.3 is 24.4 Å². The molecule has 2 aliphatic rings. The molecule has 1 N–H and O–H groups in total. The van der Waals surface area contributed by atoms with Crippen molar-refractivity contribution in [1.82, 2.24) is 10.2 Å². The number of thiophene rings is 2. The fraction of sp³-hybridized carbons (Fsp3) is 0.353. The molecule has 0 aliphatic carbocycles. The fourth-order valence-corrected chi connectivity index (χ4v) is 3.98. The number of nitrogens with zero attached hydrogens (tertiary/aromatic N) is 1. The molecule has 4 rings (SSSR count). The summed E-state index contributed by atoms with van der Waals surface area (Å²) in [5, 5.41) is 6.39. The molecule has 0 bridgehead atoms. The molecular weight excluding hydrogens is 392 g/mol. The minimum Gasteiger partial charge on any atom is -0.490 e. The normalized spacial score (nSPS) is 15.5. The molecule has 144 valence electrons. The van der Waals surface area contributed by atoms with Crippen molar-refractivity contribution < 1.29 is 28.6 Å². The van der Waals surface area contributed by atoms with Crippen LogP contribution < -0.4 is 14.8 Å². The molecule has 10 heteroatoms. The van der Waals surface area contributed by atoms with Gasteiger partial charge in [-0.15, -0.1) is 22.7 Å². The van der Waals surface area contributed by atoms with Gasteiger partial charge in [0.15, 0.2) is 0 Å². The van der Waals surface area contributed by atoms with Crippen LogP contribution in [0, 0.1) is 0 Å². The predicted octanol–water partition coefficient (Wildman–Crippen LogP) is 1.63. The number of amides is 2. The molecule has 27 heavy (non-hydrogen) atoms. The highest BCUT2D eigenvalue weighted by Crippen LogP contribution is 2.28. The number of carbonyl (C=O) groups excluding carboxylic acids is 3. The lowest BCUT2D eigenvalue weighted by molar-refractivity contribution is -0.141. The summed E-state index contributed by atoms with van der Waals surface area (Å²) in [5.74, 6) is 0.695. The second-order valence-corrected chi connectivity index (χ2v) is 7.32. The molecular formula is C17H18N2O6S2. The smallest absolute Gasteiger partial charge is 0.325 e. The van der Waals surface area contributed by atoms with Crippen molar-refractivity contribution >= 4 is 40.5 Å². The maximum atomic E-state index is 12.0. The second kappa shape index (κ2) is 8.87. The highest BCUT2D eigenvalue weighted by molar-refractivity contribution is 7.12. The van der Waals surface area contributed by atoms with E-state index in [1.807, 2.05) is 11.4 Å². The van der Waals surface area contributed by atoms with E-state index in [0.29, 0.717) is 47.6 Å². The summed E-state index contributed by atoms with van der Waals surface area (Å²) in [6.45, 7) is 1.92. The van der Waals surface area contributed by atoms with Crippen molar-refractivity contribution in [2.75, 3.05) is 40.0 Å². The Labute approximate surface area is 163 Å². The monoisotopic (exact) mass is 410 g/mol. The number of nitrogens with one attached hydrogen (secondary N) is 1. The van der Waals surface area contributed by atoms with Crippen LogP contribution in [0.25, 0.3) is 0 Å². The van der Waals surface area contributed by atoms with Crippen LogP contribution >= 0.6 is 22.7 Å². The Morgan fingerprint density at radius 1 is 1.15 bits per heavy atom. The van der Waals surface area contributed by atoms with E-state index in [2.05, 4.69) is 10.1 Å². The van der Waals surface area contributed by atoms with E-state index >= 15 is 0 Å². The van der Waals surface area contributed by atoms with Crippen molar-refractivity contribution in [3.05, 3.63) is 32.6 Å². The van der Waals surface area contributed by atoms with Gasteiger partial charge in [0.2, 0.25) is 0 Å². The van der Waals surface area contributed by atoms with Crippen LogP contribution in [-0.2, 0) is 9.53 Å². The van der Waals surface area contributed by atoms with E-state index in [9.17, 15) is 14.4 Å². The predicted molar refractivity (Wildman–Crippen MR) is 99.9 cm³/mol. The molecule has 0 aromatic carbocycles. The third kappa shape index (κ3) is 4.58. The second-order valence-electron chi connectivity index (χ2n) is 5.48. The van der Waals surface area contributed by atoms with Crippen molar-refractivity contribution in [2.45, 2.75) is 0 Å². The van der Waals surface area contributed by atoms with E-state index in [1.54, 1.807) is 11.4 Å². The average molecular weight is 410 g/mol. The van der Waals surface area contributed by atoms with Gasteiger partial charge in [0.25, 0.3) is 11.8 Å². The fourth-order valence-electron chi connectivity index (χ4n) is 2.43. The van der Waals surface area contributed by atoms with E-state index < -0.39 is 5.97 Å². The largest absolute Gasteiger partial charge is 0.490 e. The van der Waals surface area contributed by atoms with Crippen LogP contribution in [0.2, 0.25) is 0 Å². The zero-order valence-corrected chi connectivity index (χ0v) is 16.2. The Bertz CT molecular complexity index is 831. The number of methoxy groups -OCH3 is 1. The number of carbonyl (C=O) groups is 3. The van der Waals surface area contributed by atoms with Gasteiger partial charge in [0.1, 0.15) is 41.0 Å². The minimum atomic E-state index is -0.423. The molecule has 2 aromatic heterocycles. The maximum absolute atomic E-state index is 12.0. The lowest BCUT2D eigenvalue weighted by atomic mass is 10.3. The SMILES string of the molecule is COC(=O)CN1CCOc2ccsc2C1=O.O=C1NCCOc2ccsc21. The molecule has 0 saturated carbocycles. The van der Waals surface area contributed by atoms with Crippen molar-refractivity contribution in [2.24, 2.45) is 0 Å². The average Bonchev–Trinajstić information content (AvgIpc) is 3.27. The molecule has 2 aromatic rings. The topological polar surface area (TPSA) is 94.2 Å². The molecule has 4 heterocycles. The molecule has 8 nitrogen and oxygen atoms in total. The van der Waals surface area contributed by atoms with Crippen LogP contribution in [0.3, 0.4) is 0 Å². The van der Waals surface area contributed by atoms with Crippen LogP contribution in [0.1, 0.15) is 19.3 Å². The van der Waals surface area contributed by atoms with Crippen molar-refractivity contribution in [1.29, 1.82) is 0 Å². The van der Waals surface area contributed by atoms with Crippen molar-refractivity contribution in [3.63, 3.8) is 0 Å². The Morgan fingerprint density at radius 3 is 2.56 bits per heavy atom. The maximum Gasteiger partial charge on any atom is 0.325 e. The third-order valence-electron chi connectivity index (χ3n) is 3.76. The lowest BCUT2D eigenvalue weighted by Crippen LogP contribution is -2.37. The van der Waals surface area contributed by atoms with Crippen LogP contribution in [-0.4, -0.2) is 62.6 Å². The molecule has 2 aliphatic heterocycles. The molecule has 0 atom stereocenters. The quantitative estimate of drug-likeness (QED) is 0.757. The summed E-state index contributed by atoms with van der Waals surface area (Å²) in [5.41, 5.74) is 0. The first-order chi connectivity index (χ1) is 13.1. The first-order valence-corrected chi connectivity index (χ1v) is 9.91. The number of hydrogen-bond donors (Lipinski definition) is 1. The molecule has 0 saturated heterocycles. The summed E-state index contributed by atoms with van der Waals surface area (Å²) < 4.78 is 15.2. The van der Waals surface area contributed by atoms with Gasteiger partial charge in [-0.3, -0.25) is 14.4 Å². The van der Waals surface area contributed by atoms with Crippen LogP contribution in [0.4, 0.5) is 0 Å². The Kier molecular flexibility index (Phi) is 6.30. The molecule has 0 unspecified atom stereocenters. The number of hydrogen-bond acceptors (Lipinski definition) is 8. The van der Waals surface area contributed by atoms with Gasteiger partial charge in [-0.1, -0.05) is 0 Å². The summed E-state index contributed by atoms with van der Waals surface area (Å²) in [6.07, 6.45) is 0. The van der Waals surface area contributed by atoms with E-state index in [-0.39, 0.29) is 18.4 Å².